The third kappa shape index (κ3) is 3.67. The molecule has 0 aliphatic heterocycles. The van der Waals surface area contributed by atoms with Crippen LogP contribution < -0.4 is 5.32 Å². The second-order valence-corrected chi connectivity index (χ2v) is 4.90. The number of rotatable bonds is 5. The van der Waals surface area contributed by atoms with Gasteiger partial charge in [-0.25, -0.2) is 9.18 Å². The SMILES string of the molecule is CCCC(C)(NC(=O)c1ccc(Cl)cc1F)C(=O)O. The maximum Gasteiger partial charge on any atom is 0.329 e. The third-order valence-corrected chi connectivity index (χ3v) is 3.02. The minimum absolute atomic E-state index is 0.170. The van der Waals surface area contributed by atoms with E-state index in [9.17, 15) is 14.0 Å². The predicted molar refractivity (Wildman–Crippen MR) is 69.8 cm³/mol. The van der Waals surface area contributed by atoms with Crippen molar-refractivity contribution in [3.8, 4) is 0 Å². The standard InChI is InChI=1S/C13H15ClFNO3/c1-3-6-13(2,12(18)19)16-11(17)9-5-4-8(14)7-10(9)15/h4-5,7H,3,6H2,1-2H3,(H,16,17)(H,18,19). The second kappa shape index (κ2) is 6.02. The summed E-state index contributed by atoms with van der Waals surface area (Å²) in [6.45, 7) is 3.20. The molecule has 6 heteroatoms. The minimum atomic E-state index is -1.42. The molecule has 19 heavy (non-hydrogen) atoms. The van der Waals surface area contributed by atoms with Gasteiger partial charge in [0.25, 0.3) is 5.91 Å². The van der Waals surface area contributed by atoms with Crippen molar-refractivity contribution in [2.45, 2.75) is 32.2 Å². The Balaban J connectivity index is 2.97. The van der Waals surface area contributed by atoms with Crippen molar-refractivity contribution in [3.63, 3.8) is 0 Å². The number of amides is 1. The number of carbonyl (C=O) groups is 2. The number of hydrogen-bond acceptors (Lipinski definition) is 2. The summed E-state index contributed by atoms with van der Waals surface area (Å²) in [6.07, 6.45) is 0.829. The van der Waals surface area contributed by atoms with Gasteiger partial charge in [0.2, 0.25) is 0 Å². The summed E-state index contributed by atoms with van der Waals surface area (Å²) in [6, 6.07) is 3.60. The first kappa shape index (κ1) is 15.4. The van der Waals surface area contributed by atoms with Gasteiger partial charge in [-0.3, -0.25) is 4.79 Å². The van der Waals surface area contributed by atoms with E-state index >= 15 is 0 Å². The highest BCUT2D eigenvalue weighted by Crippen LogP contribution is 2.17. The molecule has 0 radical (unpaired) electrons. The van der Waals surface area contributed by atoms with Crippen molar-refractivity contribution in [2.24, 2.45) is 0 Å². The molecule has 4 nitrogen and oxygen atoms in total. The van der Waals surface area contributed by atoms with Crippen LogP contribution in [0, 0.1) is 5.82 Å². The maximum absolute atomic E-state index is 13.6. The Kier molecular flexibility index (Phi) is 4.89. The molecule has 1 aromatic rings. The number of carboxylic acids is 1. The molecular weight excluding hydrogens is 273 g/mol. The molecule has 0 spiro atoms. The van der Waals surface area contributed by atoms with Gasteiger partial charge in [-0.05, 0) is 31.5 Å². The van der Waals surface area contributed by atoms with Crippen molar-refractivity contribution >= 4 is 23.5 Å². The molecule has 1 rings (SSSR count). The lowest BCUT2D eigenvalue weighted by Crippen LogP contribution is -2.52. The van der Waals surface area contributed by atoms with E-state index < -0.39 is 23.2 Å². The summed E-state index contributed by atoms with van der Waals surface area (Å²) < 4.78 is 13.6. The van der Waals surface area contributed by atoms with E-state index in [0.29, 0.717) is 6.42 Å². The highest BCUT2D eigenvalue weighted by molar-refractivity contribution is 6.30. The lowest BCUT2D eigenvalue weighted by molar-refractivity contribution is -0.144. The van der Waals surface area contributed by atoms with Gasteiger partial charge < -0.3 is 10.4 Å². The molecule has 1 aromatic carbocycles. The van der Waals surface area contributed by atoms with Gasteiger partial charge in [-0.1, -0.05) is 24.9 Å². The summed E-state index contributed by atoms with van der Waals surface area (Å²) in [5, 5.41) is 11.7. The van der Waals surface area contributed by atoms with Gasteiger partial charge >= 0.3 is 5.97 Å². The second-order valence-electron chi connectivity index (χ2n) is 4.47. The Morgan fingerprint density at radius 3 is 2.58 bits per heavy atom. The molecule has 0 saturated heterocycles. The van der Waals surface area contributed by atoms with Crippen molar-refractivity contribution in [1.82, 2.24) is 5.32 Å². The molecule has 1 unspecified atom stereocenters. The first-order chi connectivity index (χ1) is 8.80. The van der Waals surface area contributed by atoms with E-state index in [2.05, 4.69) is 5.32 Å². The van der Waals surface area contributed by atoms with Crippen LogP contribution in [0.3, 0.4) is 0 Å². The number of carboxylic acid groups (broad SMARTS) is 1. The van der Waals surface area contributed by atoms with E-state index in [1.807, 2.05) is 0 Å². The molecule has 0 heterocycles. The zero-order chi connectivity index (χ0) is 14.6. The number of benzene rings is 1. The Hall–Kier alpha value is -1.62. The van der Waals surface area contributed by atoms with E-state index in [0.717, 1.165) is 6.07 Å². The number of hydrogen-bond donors (Lipinski definition) is 2. The first-order valence-electron chi connectivity index (χ1n) is 5.81. The predicted octanol–water partition coefficient (Wildman–Crippen LogP) is 2.85. The molecule has 0 saturated carbocycles. The quantitative estimate of drug-likeness (QED) is 0.875. The van der Waals surface area contributed by atoms with Crippen LogP contribution in [0.2, 0.25) is 5.02 Å². The third-order valence-electron chi connectivity index (χ3n) is 2.79. The molecule has 0 aliphatic carbocycles. The zero-order valence-electron chi connectivity index (χ0n) is 10.7. The Morgan fingerprint density at radius 2 is 2.11 bits per heavy atom. The van der Waals surface area contributed by atoms with Crippen LogP contribution in [0.5, 0.6) is 0 Å². The van der Waals surface area contributed by atoms with E-state index in [1.54, 1.807) is 6.92 Å². The Bertz CT molecular complexity index is 507. The van der Waals surface area contributed by atoms with E-state index in [4.69, 9.17) is 16.7 Å². The summed E-state index contributed by atoms with van der Waals surface area (Å²) in [5.41, 5.74) is -1.65. The fraction of sp³-hybridized carbons (Fsp3) is 0.385. The molecule has 0 fully saturated rings. The van der Waals surface area contributed by atoms with Crippen molar-refractivity contribution < 1.29 is 19.1 Å². The van der Waals surface area contributed by atoms with Crippen LogP contribution in [-0.4, -0.2) is 22.5 Å². The number of nitrogens with one attached hydrogen (secondary N) is 1. The number of halogens is 2. The van der Waals surface area contributed by atoms with Gasteiger partial charge in [-0.2, -0.15) is 0 Å². The first-order valence-corrected chi connectivity index (χ1v) is 6.19. The summed E-state index contributed by atoms with van der Waals surface area (Å²) >= 11 is 5.59. The van der Waals surface area contributed by atoms with E-state index in [-0.39, 0.29) is 17.0 Å². The van der Waals surface area contributed by atoms with Gasteiger partial charge in [0, 0.05) is 5.02 Å². The fourth-order valence-corrected chi connectivity index (χ4v) is 1.87. The monoisotopic (exact) mass is 287 g/mol. The summed E-state index contributed by atoms with van der Waals surface area (Å²) in [7, 11) is 0. The van der Waals surface area contributed by atoms with Crippen LogP contribution >= 0.6 is 11.6 Å². The largest absolute Gasteiger partial charge is 0.480 e. The molecule has 0 aliphatic rings. The minimum Gasteiger partial charge on any atom is -0.480 e. The van der Waals surface area contributed by atoms with E-state index in [1.165, 1.54) is 19.1 Å². The zero-order valence-corrected chi connectivity index (χ0v) is 11.4. The van der Waals surface area contributed by atoms with Crippen molar-refractivity contribution in [2.75, 3.05) is 0 Å². The lowest BCUT2D eigenvalue weighted by atomic mass is 9.95. The fourth-order valence-electron chi connectivity index (χ4n) is 1.71. The number of carbonyl (C=O) groups excluding carboxylic acids is 1. The maximum atomic E-state index is 13.6. The average molecular weight is 288 g/mol. The highest BCUT2D eigenvalue weighted by atomic mass is 35.5. The topological polar surface area (TPSA) is 66.4 Å². The van der Waals surface area contributed by atoms with Crippen molar-refractivity contribution in [3.05, 3.63) is 34.6 Å². The van der Waals surface area contributed by atoms with Crippen molar-refractivity contribution in [1.29, 1.82) is 0 Å². The van der Waals surface area contributed by atoms with Crippen LogP contribution in [-0.2, 0) is 4.79 Å². The average Bonchev–Trinajstić information content (AvgIpc) is 2.28. The molecule has 0 bridgehead atoms. The molecule has 104 valence electrons. The Morgan fingerprint density at radius 1 is 1.47 bits per heavy atom. The van der Waals surface area contributed by atoms with Gasteiger partial charge in [0.05, 0.1) is 5.56 Å². The molecule has 0 aromatic heterocycles. The van der Waals surface area contributed by atoms with Gasteiger partial charge in [-0.15, -0.1) is 0 Å². The molecule has 2 N–H and O–H groups in total. The highest BCUT2D eigenvalue weighted by Gasteiger charge is 2.34. The molecular formula is C13H15ClFNO3. The lowest BCUT2D eigenvalue weighted by Gasteiger charge is -2.25. The van der Waals surface area contributed by atoms with Gasteiger partial charge in [0.15, 0.2) is 0 Å². The molecule has 1 amide bonds. The Labute approximate surface area is 115 Å². The summed E-state index contributed by atoms with van der Waals surface area (Å²) in [5.74, 6) is -2.71. The van der Waals surface area contributed by atoms with Crippen LogP contribution in [0.15, 0.2) is 18.2 Å². The normalized spacial score (nSPS) is 13.7. The van der Waals surface area contributed by atoms with Gasteiger partial charge in [0.1, 0.15) is 11.4 Å². The van der Waals surface area contributed by atoms with Crippen LogP contribution in [0.1, 0.15) is 37.0 Å². The number of aliphatic carboxylic acids is 1. The smallest absolute Gasteiger partial charge is 0.329 e. The van der Waals surface area contributed by atoms with Crippen LogP contribution in [0.25, 0.3) is 0 Å². The molecule has 1 atom stereocenters. The summed E-state index contributed by atoms with van der Waals surface area (Å²) in [4.78, 5) is 23.1. The van der Waals surface area contributed by atoms with Crippen LogP contribution in [0.4, 0.5) is 4.39 Å².